The van der Waals surface area contributed by atoms with Crippen LogP contribution in [0.2, 0.25) is 0 Å². The number of hydrogen-bond acceptors (Lipinski definition) is 3. The van der Waals surface area contributed by atoms with E-state index in [0.29, 0.717) is 17.2 Å². The lowest BCUT2D eigenvalue weighted by Crippen LogP contribution is -2.79. The SMILES string of the molecule is C1=C[CH+]C(=C(c2ccccc2)c2ccccc2)C=C1.Fc1c(F)c(F)c2c([B-](c3c(F)c(F)c(F)c4c(F)c(F)c(F)c(F)c34)(c3c(F)c(F)c(F)c4c(F)c(F)c(F)c(F)c34)c3c(F)c(F)c(F)c4c(F)c(F)c(F)c(F)c34)c(F)c(F)c(F)c2c1F.c1ccc(OB(Oc2ccccc2)Oc2ccccc2)cc1. The van der Waals surface area contributed by atoms with Crippen LogP contribution in [0.1, 0.15) is 11.1 Å². The molecular weight excluding hydrogens is 1530 g/mol. The molecule has 0 heterocycles. The highest BCUT2D eigenvalue weighted by Gasteiger charge is 2.52. The third kappa shape index (κ3) is 12.7. The van der Waals surface area contributed by atoms with Gasteiger partial charge in [-0.1, -0.05) is 91.0 Å². The van der Waals surface area contributed by atoms with Crippen LogP contribution in [0.15, 0.2) is 182 Å². The molecule has 0 N–H and O–H groups in total. The first-order valence-corrected chi connectivity index (χ1v) is 31.0. The second kappa shape index (κ2) is 30.3. The van der Waals surface area contributed by atoms with Crippen molar-refractivity contribution in [2.75, 3.05) is 0 Å². The standard InChI is InChI=1S/C40BF28.C19H15.C18H15BO3/c42-13-1-5(21(50)37(66)33(13)62)17(46)29(58)25(54)9(1)41(10-2-6(18(47)30(59)26(10)55)22(51)38(67)34(63)14(2)43,11-3-7(19(48)31(60)27(11)56)23(52)39(68)35(64)15(3)44)12-4-8(20(49)32(61)28(12)57)24(53)40(69)36(65)16(4)45;1-4-10-16(11-5-1)19(17-12-6-2-7-13-17)18-14-8-3-9-15-18;1-4-10-16(11-5-1)20-19(21-17-12-6-2-7-13-17)22-18-14-8-3-9-15-18/h;1-15H;1-15H/q-1;+1;. The molecule has 558 valence electrons. The summed E-state index contributed by atoms with van der Waals surface area (Å²) in [5.41, 5.74) is -10.5. The van der Waals surface area contributed by atoms with Crippen molar-refractivity contribution in [1.29, 1.82) is 0 Å². The van der Waals surface area contributed by atoms with Gasteiger partial charge in [-0.3, -0.25) is 0 Å². The molecule has 0 aliphatic heterocycles. The zero-order chi connectivity index (χ0) is 79.5. The predicted octanol–water partition coefficient (Wildman–Crippen LogP) is 20.6. The minimum atomic E-state index is -8.05. The van der Waals surface area contributed by atoms with Crippen LogP contribution in [0, 0.1) is 169 Å². The van der Waals surface area contributed by atoms with Gasteiger partial charge in [-0.15, -0.1) is 21.9 Å². The fourth-order valence-electron chi connectivity index (χ4n) is 12.8. The zero-order valence-electron chi connectivity index (χ0n) is 53.8. The summed E-state index contributed by atoms with van der Waals surface area (Å²) in [7, 11) is -0.868. The maximum Gasteiger partial charge on any atom is 0.864 e. The van der Waals surface area contributed by atoms with Crippen molar-refractivity contribution in [2.24, 2.45) is 0 Å². The number of benzene rings is 13. The van der Waals surface area contributed by atoms with Crippen LogP contribution in [-0.4, -0.2) is 13.5 Å². The predicted molar refractivity (Wildman–Crippen MR) is 347 cm³/mol. The van der Waals surface area contributed by atoms with E-state index in [4.69, 9.17) is 14.0 Å². The summed E-state index contributed by atoms with van der Waals surface area (Å²) in [5, 5.41) is -27.0. The largest absolute Gasteiger partial charge is 0.864 e. The molecule has 13 aromatic rings. The Hall–Kier alpha value is -12.4. The van der Waals surface area contributed by atoms with Crippen molar-refractivity contribution in [3.05, 3.63) is 362 Å². The summed E-state index contributed by atoms with van der Waals surface area (Å²) in [6, 6.07) is 49.4. The normalized spacial score (nSPS) is 12.0. The monoisotopic (exact) mass is 1560 g/mol. The van der Waals surface area contributed by atoms with Crippen LogP contribution in [0.25, 0.3) is 48.7 Å². The van der Waals surface area contributed by atoms with Crippen LogP contribution in [0.3, 0.4) is 0 Å². The summed E-state index contributed by atoms with van der Waals surface area (Å²) in [4.78, 5) is 0. The van der Waals surface area contributed by atoms with E-state index in [1.54, 1.807) is 0 Å². The van der Waals surface area contributed by atoms with E-state index in [1.807, 2.05) is 91.0 Å². The summed E-state index contributed by atoms with van der Waals surface area (Å²) in [6.07, 6.45) is 2.50. The molecule has 1 aliphatic carbocycles. The fourth-order valence-corrected chi connectivity index (χ4v) is 12.8. The van der Waals surface area contributed by atoms with E-state index in [9.17, 15) is 17.6 Å². The molecule has 0 unspecified atom stereocenters. The summed E-state index contributed by atoms with van der Waals surface area (Å²) >= 11 is 0. The highest BCUT2D eigenvalue weighted by molar-refractivity contribution is 7.23. The smallest absolute Gasteiger partial charge is 0.490 e. The van der Waals surface area contributed by atoms with Crippen molar-refractivity contribution in [2.45, 2.75) is 0 Å². The lowest BCUT2D eigenvalue weighted by molar-refractivity contribution is 0.307. The number of halogens is 28. The molecule has 13 aromatic carbocycles. The highest BCUT2D eigenvalue weighted by Crippen LogP contribution is 2.43. The first-order chi connectivity index (χ1) is 52.3. The summed E-state index contributed by atoms with van der Waals surface area (Å²) in [5.74, 6) is -102. The van der Waals surface area contributed by atoms with Gasteiger partial charge in [0.25, 0.3) is 0 Å². The van der Waals surface area contributed by atoms with E-state index < -0.39 is 241 Å². The Labute approximate surface area is 598 Å². The van der Waals surface area contributed by atoms with Crippen molar-refractivity contribution >= 4 is 84.0 Å². The molecule has 0 fully saturated rings. The van der Waals surface area contributed by atoms with Gasteiger partial charge in [0.2, 0.25) is 0 Å². The van der Waals surface area contributed by atoms with Crippen LogP contribution in [-0.2, 0) is 0 Å². The van der Waals surface area contributed by atoms with E-state index in [-0.39, 0.29) is 0 Å². The van der Waals surface area contributed by atoms with Gasteiger partial charge < -0.3 is 14.0 Å². The Kier molecular flexibility index (Phi) is 21.3. The van der Waals surface area contributed by atoms with Crippen LogP contribution >= 0.6 is 0 Å². The molecular formula is C77H30B2F28O3. The summed E-state index contributed by atoms with van der Waals surface area (Å²) < 4.78 is 464. The number of rotatable bonds is 12. The maximum absolute atomic E-state index is 17.3. The second-order valence-corrected chi connectivity index (χ2v) is 23.4. The molecule has 0 atom stereocenters. The maximum atomic E-state index is 17.3. The van der Waals surface area contributed by atoms with Crippen LogP contribution < -0.4 is 35.8 Å². The molecule has 0 aromatic heterocycles. The molecule has 0 saturated carbocycles. The minimum absolute atomic E-state index is 0.680. The zero-order valence-corrected chi connectivity index (χ0v) is 53.8. The van der Waals surface area contributed by atoms with Crippen LogP contribution in [0.5, 0.6) is 17.2 Å². The number of para-hydroxylation sites is 3. The molecule has 0 amide bonds. The van der Waals surface area contributed by atoms with Gasteiger partial charge >= 0.3 is 7.32 Å². The van der Waals surface area contributed by atoms with Gasteiger partial charge in [0.05, 0.1) is 27.1 Å². The number of allylic oxidation sites excluding steroid dienone is 5. The lowest BCUT2D eigenvalue weighted by atomic mass is 9.11. The molecule has 3 nitrogen and oxygen atoms in total. The quantitative estimate of drug-likeness (QED) is 0.0401. The Morgan fingerprint density at radius 1 is 0.227 bits per heavy atom. The van der Waals surface area contributed by atoms with Gasteiger partial charge in [-0.2, -0.15) is 0 Å². The molecule has 0 saturated heterocycles. The van der Waals surface area contributed by atoms with Crippen molar-refractivity contribution < 1.29 is 137 Å². The lowest BCUT2D eigenvalue weighted by Gasteiger charge is -2.47. The Morgan fingerprint density at radius 3 is 0.636 bits per heavy atom. The third-order valence-corrected chi connectivity index (χ3v) is 17.4. The molecule has 0 spiro atoms. The number of hydrogen-bond donors (Lipinski definition) is 0. The summed E-state index contributed by atoms with van der Waals surface area (Å²) in [6.45, 7) is 0. The molecule has 14 rings (SSSR count). The van der Waals surface area contributed by atoms with Crippen molar-refractivity contribution in [3.63, 3.8) is 0 Å². The first kappa shape index (κ1) is 77.2. The Bertz CT molecular complexity index is 5360. The fraction of sp³-hybridized carbons (Fsp3) is 0. The van der Waals surface area contributed by atoms with Gasteiger partial charge in [0.1, 0.15) is 52.2 Å². The van der Waals surface area contributed by atoms with Gasteiger partial charge in [0.15, 0.2) is 140 Å². The molecule has 110 heavy (non-hydrogen) atoms. The van der Waals surface area contributed by atoms with E-state index in [2.05, 4.69) is 91.4 Å². The Balaban J connectivity index is 0.000000219. The molecule has 33 heteroatoms. The number of fused-ring (bicyclic) bond motifs is 4. The topological polar surface area (TPSA) is 27.7 Å². The van der Waals surface area contributed by atoms with E-state index in [1.165, 1.54) is 22.3 Å². The van der Waals surface area contributed by atoms with Gasteiger partial charge in [-0.25, -0.2) is 123 Å². The Morgan fingerprint density at radius 2 is 0.427 bits per heavy atom. The molecule has 0 bridgehead atoms. The van der Waals surface area contributed by atoms with E-state index >= 15 is 105 Å². The van der Waals surface area contributed by atoms with Crippen molar-refractivity contribution in [3.8, 4) is 17.2 Å². The average molecular weight is 1560 g/mol. The minimum Gasteiger partial charge on any atom is -0.490 e. The van der Waals surface area contributed by atoms with Gasteiger partial charge in [-0.05, 0) is 82.2 Å². The highest BCUT2D eigenvalue weighted by atomic mass is 19.2. The second-order valence-electron chi connectivity index (χ2n) is 23.4. The van der Waals surface area contributed by atoms with E-state index in [0.717, 1.165) is 0 Å². The first-order valence-electron chi connectivity index (χ1n) is 31.0. The molecule has 1 aliphatic rings. The molecule has 0 radical (unpaired) electrons. The van der Waals surface area contributed by atoms with Crippen LogP contribution in [0.4, 0.5) is 123 Å². The van der Waals surface area contributed by atoms with Gasteiger partial charge in [0, 0.05) is 41.9 Å². The third-order valence-electron chi connectivity index (χ3n) is 17.4. The van der Waals surface area contributed by atoms with Crippen molar-refractivity contribution in [1.82, 2.24) is 0 Å². The average Bonchev–Trinajstić information content (AvgIpc) is 0.661.